The average molecular weight is 367 g/mol. The molecule has 4 rings (SSSR count). The molecule has 1 atom stereocenters. The molecular weight excluding hydrogens is 346 g/mol. The van der Waals surface area contributed by atoms with Gasteiger partial charge in [-0.25, -0.2) is 4.84 Å². The molecule has 6 nitrogen and oxygen atoms in total. The molecule has 1 fully saturated rings. The number of hydrogen-bond acceptors (Lipinski definition) is 6. The Bertz CT molecular complexity index is 887. The van der Waals surface area contributed by atoms with Gasteiger partial charge in [0.1, 0.15) is 11.2 Å². The number of nitrogens with one attached hydrogen (secondary N) is 1. The molecule has 2 aliphatic rings. The maximum Gasteiger partial charge on any atom is 0.317 e. The zero-order chi connectivity index (χ0) is 19.1. The first-order valence-electron chi connectivity index (χ1n) is 8.75. The maximum atomic E-state index is 12.5. The van der Waals surface area contributed by atoms with Gasteiger partial charge in [-0.2, -0.15) is 0 Å². The second kappa shape index (κ2) is 6.40. The summed E-state index contributed by atoms with van der Waals surface area (Å²) in [4.78, 5) is 18.1. The van der Waals surface area contributed by atoms with Crippen molar-refractivity contribution in [2.75, 3.05) is 14.2 Å². The minimum atomic E-state index is -1.82. The third-order valence-electron chi connectivity index (χ3n) is 5.31. The Kier molecular flexibility index (Phi) is 4.17. The van der Waals surface area contributed by atoms with Crippen molar-refractivity contribution in [1.29, 1.82) is 0 Å². The van der Waals surface area contributed by atoms with Crippen molar-refractivity contribution < 1.29 is 24.2 Å². The highest BCUT2D eigenvalue weighted by Crippen LogP contribution is 2.62. The van der Waals surface area contributed by atoms with Crippen LogP contribution in [0.15, 0.2) is 54.6 Å². The minimum Gasteiger partial charge on any atom is -0.497 e. The van der Waals surface area contributed by atoms with Crippen LogP contribution in [-0.4, -0.2) is 31.1 Å². The van der Waals surface area contributed by atoms with Gasteiger partial charge in [-0.15, -0.1) is 0 Å². The van der Waals surface area contributed by atoms with Gasteiger partial charge in [-0.1, -0.05) is 30.3 Å². The Hall–Kier alpha value is -2.83. The number of methoxy groups -OCH3 is 2. The molecule has 0 saturated heterocycles. The van der Waals surface area contributed by atoms with E-state index in [1.807, 2.05) is 54.6 Å². The van der Waals surface area contributed by atoms with E-state index in [4.69, 9.17) is 14.3 Å². The predicted molar refractivity (Wildman–Crippen MR) is 99.1 cm³/mol. The van der Waals surface area contributed by atoms with Gasteiger partial charge >= 0.3 is 5.97 Å². The van der Waals surface area contributed by atoms with Crippen LogP contribution in [0.1, 0.15) is 24.0 Å². The van der Waals surface area contributed by atoms with E-state index in [0.29, 0.717) is 24.1 Å². The molecule has 140 valence electrons. The molecule has 1 unspecified atom stereocenters. The molecule has 27 heavy (non-hydrogen) atoms. The third kappa shape index (κ3) is 2.60. The highest BCUT2D eigenvalue weighted by atomic mass is 16.8. The molecule has 6 heteroatoms. The zero-order valence-electron chi connectivity index (χ0n) is 15.2. The van der Waals surface area contributed by atoms with Gasteiger partial charge in [-0.05, 0) is 42.7 Å². The van der Waals surface area contributed by atoms with E-state index in [-0.39, 0.29) is 0 Å². The van der Waals surface area contributed by atoms with E-state index >= 15 is 0 Å². The lowest BCUT2D eigenvalue weighted by molar-refractivity contribution is -0.223. The summed E-state index contributed by atoms with van der Waals surface area (Å²) in [7, 11) is 2.93. The fourth-order valence-corrected chi connectivity index (χ4v) is 3.64. The lowest BCUT2D eigenvalue weighted by Crippen LogP contribution is -2.47. The summed E-state index contributed by atoms with van der Waals surface area (Å²) in [5.74, 6) is -1.57. The molecule has 0 amide bonds. The molecule has 1 aliphatic carbocycles. The maximum absolute atomic E-state index is 12.5. The number of carbonyl (C=O) groups excluding carboxylic acids is 1. The Morgan fingerprint density at radius 1 is 1.04 bits per heavy atom. The molecule has 2 aromatic rings. The van der Waals surface area contributed by atoms with Crippen LogP contribution in [0.5, 0.6) is 5.75 Å². The van der Waals surface area contributed by atoms with Crippen LogP contribution >= 0.6 is 0 Å². The van der Waals surface area contributed by atoms with Crippen molar-refractivity contribution >= 4 is 17.2 Å². The van der Waals surface area contributed by atoms with Crippen molar-refractivity contribution in [2.24, 2.45) is 5.41 Å². The number of hydroxylamine groups is 1. The SMILES string of the molecule is COC(=O)C1(C2(O)ONC(c3ccc(OC)cc3)=C2c2ccccc2)CC1. The van der Waals surface area contributed by atoms with E-state index in [9.17, 15) is 9.90 Å². The Labute approximate surface area is 157 Å². The number of benzene rings is 2. The highest BCUT2D eigenvalue weighted by Gasteiger charge is 2.70. The van der Waals surface area contributed by atoms with Crippen LogP contribution in [-0.2, 0) is 14.4 Å². The molecule has 1 aliphatic heterocycles. The summed E-state index contributed by atoms with van der Waals surface area (Å²) in [5, 5.41) is 11.6. The van der Waals surface area contributed by atoms with Crippen molar-refractivity contribution in [3.8, 4) is 5.75 Å². The third-order valence-corrected chi connectivity index (χ3v) is 5.31. The summed E-state index contributed by atoms with van der Waals surface area (Å²) >= 11 is 0. The first-order valence-corrected chi connectivity index (χ1v) is 8.75. The van der Waals surface area contributed by atoms with Crippen LogP contribution in [0.25, 0.3) is 11.3 Å². The number of ether oxygens (including phenoxy) is 2. The lowest BCUT2D eigenvalue weighted by atomic mass is 9.83. The largest absolute Gasteiger partial charge is 0.497 e. The smallest absolute Gasteiger partial charge is 0.317 e. The monoisotopic (exact) mass is 367 g/mol. The van der Waals surface area contributed by atoms with Gasteiger partial charge in [0.05, 0.1) is 19.9 Å². The minimum absolute atomic E-state index is 0.476. The quantitative estimate of drug-likeness (QED) is 0.792. The van der Waals surface area contributed by atoms with Crippen molar-refractivity contribution in [2.45, 2.75) is 18.6 Å². The number of rotatable bonds is 5. The molecule has 1 heterocycles. The van der Waals surface area contributed by atoms with E-state index in [1.54, 1.807) is 7.11 Å². The van der Waals surface area contributed by atoms with Gasteiger partial charge in [0.2, 0.25) is 5.79 Å². The second-order valence-corrected chi connectivity index (χ2v) is 6.77. The summed E-state index contributed by atoms with van der Waals surface area (Å²) in [6.07, 6.45) is 0.980. The molecule has 0 aromatic heterocycles. The predicted octanol–water partition coefficient (Wildman–Crippen LogP) is 2.74. The van der Waals surface area contributed by atoms with E-state index in [1.165, 1.54) is 7.11 Å². The molecule has 0 spiro atoms. The fourth-order valence-electron chi connectivity index (χ4n) is 3.64. The van der Waals surface area contributed by atoms with Gasteiger partial charge in [0.15, 0.2) is 0 Å². The first-order chi connectivity index (χ1) is 13.1. The first kappa shape index (κ1) is 17.6. The van der Waals surface area contributed by atoms with Gasteiger partial charge in [0.25, 0.3) is 0 Å². The van der Waals surface area contributed by atoms with E-state index in [2.05, 4.69) is 5.48 Å². The fraction of sp³-hybridized carbons (Fsp3) is 0.286. The topological polar surface area (TPSA) is 77.0 Å². The summed E-state index contributed by atoms with van der Waals surface area (Å²) < 4.78 is 10.2. The summed E-state index contributed by atoms with van der Waals surface area (Å²) in [5.41, 5.74) is 4.46. The Morgan fingerprint density at radius 2 is 1.70 bits per heavy atom. The number of carbonyl (C=O) groups is 1. The number of aliphatic hydroxyl groups is 1. The van der Waals surface area contributed by atoms with Crippen molar-refractivity contribution in [3.05, 3.63) is 65.7 Å². The molecule has 2 N–H and O–H groups in total. The van der Waals surface area contributed by atoms with E-state index in [0.717, 1.165) is 16.9 Å². The van der Waals surface area contributed by atoms with Crippen LogP contribution in [0.3, 0.4) is 0 Å². The lowest BCUT2D eigenvalue weighted by Gasteiger charge is -2.31. The standard InChI is InChI=1S/C21H21NO5/c1-25-16-10-8-15(9-11-16)18-17(14-6-4-3-5-7-14)21(24,27-22-18)20(12-13-20)19(23)26-2/h3-11,22,24H,12-13H2,1-2H3. The van der Waals surface area contributed by atoms with Gasteiger partial charge < -0.3 is 14.6 Å². The summed E-state index contributed by atoms with van der Waals surface area (Å²) in [6.45, 7) is 0. The molecular formula is C21H21NO5. The van der Waals surface area contributed by atoms with Crippen LogP contribution in [0.4, 0.5) is 0 Å². The van der Waals surface area contributed by atoms with Gasteiger partial charge in [-0.3, -0.25) is 10.3 Å². The van der Waals surface area contributed by atoms with E-state index < -0.39 is 17.2 Å². The molecule has 0 radical (unpaired) electrons. The molecule has 1 saturated carbocycles. The Morgan fingerprint density at radius 3 is 2.26 bits per heavy atom. The second-order valence-electron chi connectivity index (χ2n) is 6.77. The normalized spacial score (nSPS) is 22.9. The Balaban J connectivity index is 1.89. The van der Waals surface area contributed by atoms with Crippen LogP contribution in [0, 0.1) is 5.41 Å². The number of hydrogen-bond donors (Lipinski definition) is 2. The molecule has 2 aromatic carbocycles. The van der Waals surface area contributed by atoms with Crippen LogP contribution in [0.2, 0.25) is 0 Å². The van der Waals surface area contributed by atoms with Crippen LogP contribution < -0.4 is 10.2 Å². The zero-order valence-corrected chi connectivity index (χ0v) is 15.2. The van der Waals surface area contributed by atoms with Crippen molar-refractivity contribution in [1.82, 2.24) is 5.48 Å². The van der Waals surface area contributed by atoms with Gasteiger partial charge in [0, 0.05) is 11.1 Å². The number of esters is 1. The summed E-state index contributed by atoms with van der Waals surface area (Å²) in [6, 6.07) is 16.8. The highest BCUT2D eigenvalue weighted by molar-refractivity contribution is 5.98. The average Bonchev–Trinajstić information content (AvgIpc) is 3.47. The van der Waals surface area contributed by atoms with Crippen molar-refractivity contribution in [3.63, 3.8) is 0 Å². The molecule has 0 bridgehead atoms.